The van der Waals surface area contributed by atoms with Crippen LogP contribution in [0, 0.1) is 6.92 Å². The average Bonchev–Trinajstić information content (AvgIpc) is 2.68. The molecule has 6 nitrogen and oxygen atoms in total. The van der Waals surface area contributed by atoms with Crippen molar-refractivity contribution in [2.45, 2.75) is 32.7 Å². The maximum Gasteiger partial charge on any atom is 0.261 e. The van der Waals surface area contributed by atoms with E-state index < -0.39 is 0 Å². The summed E-state index contributed by atoms with van der Waals surface area (Å²) in [6.45, 7) is 2.92. The fourth-order valence-electron chi connectivity index (χ4n) is 3.76. The fourth-order valence-corrected chi connectivity index (χ4v) is 3.76. The number of para-hydroxylation sites is 1. The Labute approximate surface area is 169 Å². The lowest BCUT2D eigenvalue weighted by molar-refractivity contribution is -0.118. The van der Waals surface area contributed by atoms with Gasteiger partial charge in [0.05, 0.1) is 17.2 Å². The summed E-state index contributed by atoms with van der Waals surface area (Å²) in [6, 6.07) is 11.2. The summed E-state index contributed by atoms with van der Waals surface area (Å²) in [4.78, 5) is 31.7. The number of nitrogens with two attached hydrogens (primary N) is 1. The average molecular weight is 399 g/mol. The van der Waals surface area contributed by atoms with Crippen LogP contribution < -0.4 is 16.2 Å². The van der Waals surface area contributed by atoms with Crippen molar-refractivity contribution in [1.82, 2.24) is 9.55 Å². The molecular weight excluding hydrogens is 376 g/mol. The van der Waals surface area contributed by atoms with E-state index in [0.29, 0.717) is 24.0 Å². The third-order valence-corrected chi connectivity index (χ3v) is 5.21. The lowest BCUT2D eigenvalue weighted by atomic mass is 9.99. The number of aromatic nitrogens is 2. The zero-order valence-corrected chi connectivity index (χ0v) is 16.5. The van der Waals surface area contributed by atoms with Gasteiger partial charge in [0.1, 0.15) is 0 Å². The number of anilines is 2. The topological polar surface area (TPSA) is 81.2 Å². The number of benzene rings is 2. The molecule has 1 amide bonds. The van der Waals surface area contributed by atoms with Gasteiger partial charge in [-0.2, -0.15) is 0 Å². The molecule has 0 aliphatic carbocycles. The Morgan fingerprint density at radius 1 is 1.21 bits per heavy atom. The monoisotopic (exact) mass is 398 g/mol. The predicted molar refractivity (Wildman–Crippen MR) is 114 cm³/mol. The summed E-state index contributed by atoms with van der Waals surface area (Å²) in [5.74, 6) is -0.00205. The summed E-state index contributed by atoms with van der Waals surface area (Å²) in [5, 5.41) is 0.584. The molecule has 3 aromatic rings. The second-order valence-electron chi connectivity index (χ2n) is 6.96. The molecule has 0 saturated heterocycles. The SMILES string of the molecule is Cc1cccc2c(=O)n(CCC(=O)N3CCCc4c(N)cccc43)cnc12.Cl. The second kappa shape index (κ2) is 8.02. The number of fused-ring (bicyclic) bond motifs is 2. The van der Waals surface area contributed by atoms with Crippen molar-refractivity contribution in [3.05, 3.63) is 64.2 Å². The van der Waals surface area contributed by atoms with Gasteiger partial charge in [0.25, 0.3) is 5.56 Å². The van der Waals surface area contributed by atoms with E-state index >= 15 is 0 Å². The number of hydrogen-bond donors (Lipinski definition) is 1. The minimum atomic E-state index is -0.111. The Bertz CT molecular complexity index is 1090. The molecule has 146 valence electrons. The smallest absolute Gasteiger partial charge is 0.261 e. The van der Waals surface area contributed by atoms with E-state index in [2.05, 4.69) is 4.98 Å². The van der Waals surface area contributed by atoms with Crippen molar-refractivity contribution in [1.29, 1.82) is 0 Å². The molecule has 1 aliphatic heterocycles. The minimum absolute atomic E-state index is 0. The third-order valence-electron chi connectivity index (χ3n) is 5.21. The van der Waals surface area contributed by atoms with Gasteiger partial charge in [0, 0.05) is 30.9 Å². The first-order valence-electron chi connectivity index (χ1n) is 9.19. The van der Waals surface area contributed by atoms with Crippen molar-refractivity contribution in [2.75, 3.05) is 17.2 Å². The van der Waals surface area contributed by atoms with Crippen LogP contribution >= 0.6 is 12.4 Å². The zero-order valence-electron chi connectivity index (χ0n) is 15.7. The van der Waals surface area contributed by atoms with Gasteiger partial charge in [-0.15, -0.1) is 12.4 Å². The van der Waals surface area contributed by atoms with Gasteiger partial charge >= 0.3 is 0 Å². The van der Waals surface area contributed by atoms with Gasteiger partial charge in [-0.3, -0.25) is 14.2 Å². The molecule has 2 heterocycles. The highest BCUT2D eigenvalue weighted by molar-refractivity contribution is 5.95. The van der Waals surface area contributed by atoms with E-state index in [4.69, 9.17) is 5.73 Å². The maximum atomic E-state index is 12.8. The van der Waals surface area contributed by atoms with Gasteiger partial charge in [-0.25, -0.2) is 4.98 Å². The van der Waals surface area contributed by atoms with Gasteiger partial charge in [0.2, 0.25) is 5.91 Å². The summed E-state index contributed by atoms with van der Waals surface area (Å²) < 4.78 is 1.52. The molecule has 0 spiro atoms. The second-order valence-corrected chi connectivity index (χ2v) is 6.96. The van der Waals surface area contributed by atoms with Crippen LogP contribution in [0.2, 0.25) is 0 Å². The van der Waals surface area contributed by atoms with E-state index in [1.165, 1.54) is 10.9 Å². The van der Waals surface area contributed by atoms with Crippen LogP contribution in [0.25, 0.3) is 10.9 Å². The van der Waals surface area contributed by atoms with Crippen LogP contribution in [0.1, 0.15) is 24.0 Å². The maximum absolute atomic E-state index is 12.8. The summed E-state index contributed by atoms with van der Waals surface area (Å²) in [7, 11) is 0. The van der Waals surface area contributed by atoms with Gasteiger partial charge in [0.15, 0.2) is 0 Å². The van der Waals surface area contributed by atoms with Crippen molar-refractivity contribution in [3.8, 4) is 0 Å². The number of amides is 1. The van der Waals surface area contributed by atoms with Crippen molar-refractivity contribution < 1.29 is 4.79 Å². The van der Waals surface area contributed by atoms with Crippen LogP contribution in [0.4, 0.5) is 11.4 Å². The van der Waals surface area contributed by atoms with E-state index in [1.807, 2.05) is 37.3 Å². The lowest BCUT2D eigenvalue weighted by Crippen LogP contribution is -2.36. The molecule has 0 unspecified atom stereocenters. The van der Waals surface area contributed by atoms with Crippen molar-refractivity contribution in [3.63, 3.8) is 0 Å². The predicted octanol–water partition coefficient (Wildman–Crippen LogP) is 3.08. The standard InChI is InChI=1S/C21H22N4O2.ClH/c1-14-5-2-6-16-20(14)23-13-24(21(16)27)12-10-19(26)25-11-4-7-15-17(22)8-3-9-18(15)25;/h2-3,5-6,8-9,13H,4,7,10-12,22H2,1H3;1H. The van der Waals surface area contributed by atoms with E-state index in [-0.39, 0.29) is 30.3 Å². The molecule has 1 aliphatic rings. The van der Waals surface area contributed by atoms with Crippen LogP contribution in [0.3, 0.4) is 0 Å². The summed E-state index contributed by atoms with van der Waals surface area (Å²) in [5.41, 5.74) is 10.3. The normalized spacial score (nSPS) is 13.1. The zero-order chi connectivity index (χ0) is 19.0. The van der Waals surface area contributed by atoms with E-state index in [9.17, 15) is 9.59 Å². The van der Waals surface area contributed by atoms with Crippen molar-refractivity contribution >= 4 is 40.6 Å². The largest absolute Gasteiger partial charge is 0.398 e. The number of carbonyl (C=O) groups excluding carboxylic acids is 1. The molecule has 2 aromatic carbocycles. The molecule has 4 rings (SSSR count). The molecule has 7 heteroatoms. The summed E-state index contributed by atoms with van der Waals surface area (Å²) >= 11 is 0. The Balaban J connectivity index is 0.00000225. The molecule has 2 N–H and O–H groups in total. The third kappa shape index (κ3) is 3.47. The van der Waals surface area contributed by atoms with Crippen molar-refractivity contribution in [2.24, 2.45) is 0 Å². The highest BCUT2D eigenvalue weighted by Gasteiger charge is 2.23. The molecule has 0 radical (unpaired) electrons. The van der Waals surface area contributed by atoms with Crippen LogP contribution in [0.5, 0.6) is 0 Å². The minimum Gasteiger partial charge on any atom is -0.398 e. The number of carbonyl (C=O) groups is 1. The quantitative estimate of drug-likeness (QED) is 0.687. The number of nitrogens with zero attached hydrogens (tertiary/aromatic N) is 3. The first kappa shape index (κ1) is 19.9. The Morgan fingerprint density at radius 3 is 2.82 bits per heavy atom. The molecule has 0 fully saturated rings. The molecular formula is C21H23ClN4O2. The van der Waals surface area contributed by atoms with Gasteiger partial charge in [-0.05, 0) is 49.1 Å². The van der Waals surface area contributed by atoms with Gasteiger partial charge < -0.3 is 10.6 Å². The van der Waals surface area contributed by atoms with E-state index in [1.54, 1.807) is 11.0 Å². The number of halogens is 1. The fraction of sp³-hybridized carbons (Fsp3) is 0.286. The number of rotatable bonds is 3. The van der Waals surface area contributed by atoms with Gasteiger partial charge in [-0.1, -0.05) is 18.2 Å². The number of nitrogen functional groups attached to an aromatic ring is 1. The van der Waals surface area contributed by atoms with E-state index in [0.717, 1.165) is 35.3 Å². The number of hydrogen-bond acceptors (Lipinski definition) is 4. The summed E-state index contributed by atoms with van der Waals surface area (Å²) in [6.07, 6.45) is 3.56. The molecule has 0 saturated carbocycles. The number of aryl methyl sites for hydroxylation is 2. The molecule has 0 bridgehead atoms. The lowest BCUT2D eigenvalue weighted by Gasteiger charge is -2.30. The van der Waals surface area contributed by atoms with Crippen LogP contribution in [0.15, 0.2) is 47.5 Å². The molecule has 0 atom stereocenters. The Kier molecular flexibility index (Phi) is 5.70. The highest BCUT2D eigenvalue weighted by atomic mass is 35.5. The van der Waals surface area contributed by atoms with Crippen LogP contribution in [-0.4, -0.2) is 22.0 Å². The van der Waals surface area contributed by atoms with Crippen LogP contribution in [-0.2, 0) is 17.8 Å². The Hall–Kier alpha value is -2.86. The highest BCUT2D eigenvalue weighted by Crippen LogP contribution is 2.31. The Morgan fingerprint density at radius 2 is 2.00 bits per heavy atom. The molecule has 1 aromatic heterocycles. The first-order chi connectivity index (χ1) is 13.1. The molecule has 28 heavy (non-hydrogen) atoms. The first-order valence-corrected chi connectivity index (χ1v) is 9.19.